The number of sulfonamides is 1. The van der Waals surface area contributed by atoms with E-state index in [4.69, 9.17) is 11.6 Å². The van der Waals surface area contributed by atoms with Crippen molar-refractivity contribution in [2.45, 2.75) is 31.6 Å². The highest BCUT2D eigenvalue weighted by Gasteiger charge is 2.26. The van der Waals surface area contributed by atoms with Crippen molar-refractivity contribution in [2.75, 3.05) is 13.6 Å². The molecule has 6 nitrogen and oxygen atoms in total. The number of hydrogen-bond donors (Lipinski definition) is 0. The molecule has 112 valence electrons. The topological polar surface area (TPSA) is 80.5 Å². The maximum atomic E-state index is 12.4. The van der Waals surface area contributed by atoms with Crippen molar-refractivity contribution in [3.05, 3.63) is 32.8 Å². The predicted molar refractivity (Wildman–Crippen MR) is 77.6 cm³/mol. The number of halogens is 1. The number of nitro benzene ring substituents is 1. The molecule has 0 amide bonds. The Hall–Kier alpha value is -1.18. The lowest BCUT2D eigenvalue weighted by Crippen LogP contribution is -2.28. The Morgan fingerprint density at radius 2 is 2.00 bits per heavy atom. The Balaban J connectivity index is 3.31. The lowest BCUT2D eigenvalue weighted by atomic mass is 10.2. The highest BCUT2D eigenvalue weighted by atomic mass is 35.5. The van der Waals surface area contributed by atoms with Crippen LogP contribution in [0.1, 0.15) is 25.3 Å². The summed E-state index contributed by atoms with van der Waals surface area (Å²) in [7, 11) is -2.28. The van der Waals surface area contributed by atoms with Crippen LogP contribution in [0.15, 0.2) is 17.0 Å². The molecular formula is C12H17ClN2O4S. The van der Waals surface area contributed by atoms with Crippen molar-refractivity contribution < 1.29 is 13.3 Å². The molecule has 0 radical (unpaired) electrons. The molecule has 0 unspecified atom stereocenters. The third kappa shape index (κ3) is 3.47. The Labute approximate surface area is 123 Å². The average Bonchev–Trinajstić information content (AvgIpc) is 2.34. The van der Waals surface area contributed by atoms with Gasteiger partial charge in [-0.2, -0.15) is 0 Å². The van der Waals surface area contributed by atoms with Gasteiger partial charge in [0.15, 0.2) is 0 Å². The molecule has 0 N–H and O–H groups in total. The first-order valence-electron chi connectivity index (χ1n) is 6.12. The molecule has 1 rings (SSSR count). The Morgan fingerprint density at radius 1 is 1.40 bits per heavy atom. The molecule has 20 heavy (non-hydrogen) atoms. The second-order valence-electron chi connectivity index (χ2n) is 4.51. The van der Waals surface area contributed by atoms with Crippen LogP contribution in [0, 0.1) is 17.0 Å². The zero-order chi connectivity index (χ0) is 15.5. The quantitative estimate of drug-likeness (QED) is 0.596. The molecule has 8 heteroatoms. The van der Waals surface area contributed by atoms with Crippen molar-refractivity contribution in [3.8, 4) is 0 Å². The fourth-order valence-electron chi connectivity index (χ4n) is 1.73. The minimum atomic E-state index is -3.74. The van der Waals surface area contributed by atoms with E-state index in [1.165, 1.54) is 17.4 Å². The largest absolute Gasteiger partial charge is 0.289 e. The number of unbranched alkanes of at least 4 members (excludes halogenated alkanes) is 1. The van der Waals surface area contributed by atoms with Crippen molar-refractivity contribution in [2.24, 2.45) is 0 Å². The predicted octanol–water partition coefficient (Wildman–Crippen LogP) is 2.98. The van der Waals surface area contributed by atoms with Crippen molar-refractivity contribution in [1.29, 1.82) is 0 Å². The number of nitrogens with zero attached hydrogens (tertiary/aromatic N) is 2. The molecule has 0 spiro atoms. The number of benzene rings is 1. The van der Waals surface area contributed by atoms with Crippen LogP contribution in [-0.4, -0.2) is 31.2 Å². The maximum Gasteiger partial charge on any atom is 0.289 e. The van der Waals surface area contributed by atoms with Gasteiger partial charge in [-0.15, -0.1) is 0 Å². The number of nitro groups is 1. The lowest BCUT2D eigenvalue weighted by molar-refractivity contribution is -0.384. The van der Waals surface area contributed by atoms with E-state index in [9.17, 15) is 18.5 Å². The summed E-state index contributed by atoms with van der Waals surface area (Å²) in [6.07, 6.45) is 1.59. The van der Waals surface area contributed by atoms with E-state index in [-0.39, 0.29) is 9.92 Å². The summed E-state index contributed by atoms with van der Waals surface area (Å²) < 4.78 is 26.0. The maximum absolute atomic E-state index is 12.4. The molecule has 1 aromatic carbocycles. The van der Waals surface area contributed by atoms with Crippen LogP contribution < -0.4 is 0 Å². The summed E-state index contributed by atoms with van der Waals surface area (Å²) in [6.45, 7) is 3.89. The smallest absolute Gasteiger partial charge is 0.258 e. The second-order valence-corrected chi connectivity index (χ2v) is 6.93. The minimum Gasteiger partial charge on any atom is -0.258 e. The van der Waals surface area contributed by atoms with E-state index in [1.54, 1.807) is 6.92 Å². The Kier molecular flexibility index (Phi) is 5.50. The van der Waals surface area contributed by atoms with E-state index < -0.39 is 20.6 Å². The summed E-state index contributed by atoms with van der Waals surface area (Å²) in [5.74, 6) is 0. The Morgan fingerprint density at radius 3 is 2.50 bits per heavy atom. The molecule has 0 aliphatic rings. The van der Waals surface area contributed by atoms with Gasteiger partial charge in [0.05, 0.1) is 9.82 Å². The van der Waals surface area contributed by atoms with Gasteiger partial charge in [-0.25, -0.2) is 12.7 Å². The van der Waals surface area contributed by atoms with Gasteiger partial charge in [0.1, 0.15) is 5.02 Å². The first-order chi connectivity index (χ1) is 9.21. The zero-order valence-corrected chi connectivity index (χ0v) is 13.2. The molecule has 0 aliphatic carbocycles. The van der Waals surface area contributed by atoms with E-state index in [0.717, 1.165) is 18.9 Å². The molecule has 0 atom stereocenters. The van der Waals surface area contributed by atoms with Gasteiger partial charge in [-0.1, -0.05) is 24.9 Å². The molecule has 0 heterocycles. The monoisotopic (exact) mass is 320 g/mol. The van der Waals surface area contributed by atoms with E-state index in [0.29, 0.717) is 12.1 Å². The molecule has 1 aromatic rings. The van der Waals surface area contributed by atoms with Gasteiger partial charge < -0.3 is 0 Å². The summed E-state index contributed by atoms with van der Waals surface area (Å²) in [5.41, 5.74) is -0.0105. The van der Waals surface area contributed by atoms with Crippen molar-refractivity contribution in [1.82, 2.24) is 4.31 Å². The summed E-state index contributed by atoms with van der Waals surface area (Å²) >= 11 is 5.76. The molecule has 0 fully saturated rings. The van der Waals surface area contributed by atoms with E-state index in [2.05, 4.69) is 0 Å². The second kappa shape index (κ2) is 6.51. The lowest BCUT2D eigenvalue weighted by Gasteiger charge is -2.18. The van der Waals surface area contributed by atoms with Gasteiger partial charge in [0, 0.05) is 19.7 Å². The van der Waals surface area contributed by atoms with E-state index in [1.807, 2.05) is 6.92 Å². The van der Waals surface area contributed by atoms with Crippen molar-refractivity contribution in [3.63, 3.8) is 0 Å². The molecule has 0 saturated heterocycles. The van der Waals surface area contributed by atoms with Crippen LogP contribution in [0.25, 0.3) is 0 Å². The van der Waals surface area contributed by atoms with Crippen LogP contribution in [-0.2, 0) is 10.0 Å². The highest BCUT2D eigenvalue weighted by Crippen LogP contribution is 2.31. The number of aryl methyl sites for hydroxylation is 1. The van der Waals surface area contributed by atoms with Gasteiger partial charge >= 0.3 is 0 Å². The van der Waals surface area contributed by atoms with Gasteiger partial charge in [-0.05, 0) is 25.0 Å². The zero-order valence-electron chi connectivity index (χ0n) is 11.6. The highest BCUT2D eigenvalue weighted by molar-refractivity contribution is 7.89. The van der Waals surface area contributed by atoms with Crippen LogP contribution in [0.2, 0.25) is 5.02 Å². The normalized spacial score (nSPS) is 11.8. The van der Waals surface area contributed by atoms with E-state index >= 15 is 0 Å². The van der Waals surface area contributed by atoms with Gasteiger partial charge in [0.2, 0.25) is 10.0 Å². The molecular weight excluding hydrogens is 304 g/mol. The molecule has 0 saturated carbocycles. The summed E-state index contributed by atoms with van der Waals surface area (Å²) in [6, 6.07) is 2.33. The fraction of sp³-hybridized carbons (Fsp3) is 0.500. The van der Waals surface area contributed by atoms with Crippen molar-refractivity contribution >= 4 is 27.3 Å². The molecule has 0 bridgehead atoms. The SMILES string of the molecule is CCCCN(C)S(=O)(=O)c1cc([N+](=O)[O-])c(Cl)cc1C. The first kappa shape index (κ1) is 16.9. The number of hydrogen-bond acceptors (Lipinski definition) is 4. The third-order valence-corrected chi connectivity index (χ3v) is 5.26. The molecule has 0 aromatic heterocycles. The van der Waals surface area contributed by atoms with Crippen LogP contribution in [0.5, 0.6) is 0 Å². The van der Waals surface area contributed by atoms with Crippen LogP contribution in [0.4, 0.5) is 5.69 Å². The standard InChI is InChI=1S/C12H17ClN2O4S/c1-4-5-6-14(3)20(18,19)12-8-11(15(16)17)10(13)7-9(12)2/h7-8H,4-6H2,1-3H3. The van der Waals surface area contributed by atoms with Crippen LogP contribution >= 0.6 is 11.6 Å². The van der Waals surface area contributed by atoms with Gasteiger partial charge in [-0.3, -0.25) is 10.1 Å². The third-order valence-electron chi connectivity index (χ3n) is 2.96. The fourth-order valence-corrected chi connectivity index (χ4v) is 3.45. The first-order valence-corrected chi connectivity index (χ1v) is 7.94. The van der Waals surface area contributed by atoms with Gasteiger partial charge in [0.25, 0.3) is 5.69 Å². The average molecular weight is 321 g/mol. The molecule has 0 aliphatic heterocycles. The number of rotatable bonds is 6. The minimum absolute atomic E-state index is 0.0670. The summed E-state index contributed by atoms with van der Waals surface area (Å²) in [4.78, 5) is 10.1. The summed E-state index contributed by atoms with van der Waals surface area (Å²) in [5, 5.41) is 10.8. The Bertz CT molecular complexity index is 616. The van der Waals surface area contributed by atoms with Crippen LogP contribution in [0.3, 0.4) is 0 Å².